The summed E-state index contributed by atoms with van der Waals surface area (Å²) in [6.07, 6.45) is 0. The molecule has 0 radical (unpaired) electrons. The van der Waals surface area contributed by atoms with Gasteiger partial charge in [0.05, 0.1) is 11.1 Å². The second-order valence-electron chi connectivity index (χ2n) is 20.4. The van der Waals surface area contributed by atoms with Crippen molar-refractivity contribution in [1.82, 2.24) is 0 Å². The Morgan fingerprint density at radius 3 is 1.39 bits per heavy atom. The van der Waals surface area contributed by atoms with Gasteiger partial charge >= 0.3 is 0 Å². The molecule has 372 valence electrons. The van der Waals surface area contributed by atoms with Crippen LogP contribution in [0.3, 0.4) is 0 Å². The first-order chi connectivity index (χ1) is 39.2. The molecule has 13 aromatic carbocycles. The zero-order valence-electron chi connectivity index (χ0n) is 43.6. The van der Waals surface area contributed by atoms with E-state index in [1.54, 1.807) is 0 Å². The van der Waals surface area contributed by atoms with E-state index in [4.69, 9.17) is 0 Å². The van der Waals surface area contributed by atoms with Crippen LogP contribution in [0.4, 0.5) is 34.1 Å². The molecule has 1 aliphatic rings. The van der Waals surface area contributed by atoms with Gasteiger partial charge in [0, 0.05) is 34.0 Å². The van der Waals surface area contributed by atoms with Crippen molar-refractivity contribution in [2.75, 3.05) is 9.80 Å². The number of hydrogen-bond donors (Lipinski definition) is 0. The van der Waals surface area contributed by atoms with Crippen molar-refractivity contribution in [1.29, 1.82) is 0 Å². The van der Waals surface area contributed by atoms with Crippen LogP contribution in [-0.4, -0.2) is 0 Å². The Labute approximate surface area is 463 Å². The van der Waals surface area contributed by atoms with Gasteiger partial charge in [-0.3, -0.25) is 0 Å². The number of benzene rings is 13. The average Bonchev–Trinajstić information content (AvgIpc) is 3.11. The van der Waals surface area contributed by atoms with Crippen molar-refractivity contribution in [3.05, 3.63) is 350 Å². The Balaban J connectivity index is 1.05. The first-order valence-corrected chi connectivity index (χ1v) is 27.2. The molecule has 0 bridgehead atoms. The molecule has 2 heteroatoms. The van der Waals surface area contributed by atoms with Gasteiger partial charge in [0.15, 0.2) is 0 Å². The normalized spacial score (nSPS) is 12.2. The molecule has 0 heterocycles. The summed E-state index contributed by atoms with van der Waals surface area (Å²) in [5.74, 6) is 0. The number of nitrogens with zero attached hydrogens (tertiary/aromatic N) is 2. The SMILES string of the molecule is c1ccc(-c2ccccc2N(c2cc(-c3cccc(-c4ccc5ccccc5c4-c4ccccc4)c3)cc(N(c3ccccc3)c3ccccc3)c2)c2ccc3c(c2)C(c2ccccc2)(c2ccccc2)c2ccccc2-3)cc1. The Morgan fingerprint density at radius 1 is 0.228 bits per heavy atom. The van der Waals surface area contributed by atoms with E-state index in [2.05, 4.69) is 337 Å². The van der Waals surface area contributed by atoms with Crippen LogP contribution < -0.4 is 9.80 Å². The summed E-state index contributed by atoms with van der Waals surface area (Å²) in [5.41, 5.74) is 22.4. The van der Waals surface area contributed by atoms with E-state index < -0.39 is 5.41 Å². The summed E-state index contributed by atoms with van der Waals surface area (Å²) in [6.45, 7) is 0. The van der Waals surface area contributed by atoms with Gasteiger partial charge in [-0.05, 0) is 150 Å². The molecule has 14 rings (SSSR count). The van der Waals surface area contributed by atoms with Crippen LogP contribution in [0.25, 0.3) is 66.4 Å². The molecule has 1 aliphatic carbocycles. The lowest BCUT2D eigenvalue weighted by molar-refractivity contribution is 0.768. The summed E-state index contributed by atoms with van der Waals surface area (Å²) in [6, 6.07) is 120. The number of fused-ring (bicyclic) bond motifs is 4. The molecule has 0 amide bonds. The Hall–Kier alpha value is -10.3. The van der Waals surface area contributed by atoms with Gasteiger partial charge in [0.25, 0.3) is 0 Å². The molecule has 0 saturated carbocycles. The number of rotatable bonds is 12. The molecule has 0 unspecified atom stereocenters. The van der Waals surface area contributed by atoms with Crippen molar-refractivity contribution >= 4 is 44.9 Å². The predicted octanol–water partition coefficient (Wildman–Crippen LogP) is 20.8. The number of para-hydroxylation sites is 3. The van der Waals surface area contributed by atoms with Gasteiger partial charge in [-0.2, -0.15) is 0 Å². The Bertz CT molecular complexity index is 4210. The van der Waals surface area contributed by atoms with Crippen LogP contribution in [0, 0.1) is 0 Å². The molecule has 79 heavy (non-hydrogen) atoms. The smallest absolute Gasteiger partial charge is 0.0714 e. The summed E-state index contributed by atoms with van der Waals surface area (Å²) in [4.78, 5) is 4.90. The average molecular weight is 1010 g/mol. The van der Waals surface area contributed by atoms with Crippen LogP contribution in [0.1, 0.15) is 22.3 Å². The van der Waals surface area contributed by atoms with Gasteiger partial charge in [0.1, 0.15) is 0 Å². The highest BCUT2D eigenvalue weighted by molar-refractivity contribution is 6.05. The van der Waals surface area contributed by atoms with Crippen molar-refractivity contribution in [3.63, 3.8) is 0 Å². The zero-order chi connectivity index (χ0) is 52.5. The van der Waals surface area contributed by atoms with Crippen molar-refractivity contribution in [2.24, 2.45) is 0 Å². The van der Waals surface area contributed by atoms with Gasteiger partial charge in [0.2, 0.25) is 0 Å². The summed E-state index contributed by atoms with van der Waals surface area (Å²) in [7, 11) is 0. The topological polar surface area (TPSA) is 6.48 Å². The van der Waals surface area contributed by atoms with Crippen molar-refractivity contribution < 1.29 is 0 Å². The summed E-state index contributed by atoms with van der Waals surface area (Å²) in [5, 5.41) is 2.45. The van der Waals surface area contributed by atoms with Crippen LogP contribution in [0.15, 0.2) is 328 Å². The van der Waals surface area contributed by atoms with Gasteiger partial charge in [-0.25, -0.2) is 0 Å². The maximum absolute atomic E-state index is 2.51. The number of anilines is 6. The molecule has 13 aromatic rings. The molecule has 0 saturated heterocycles. The highest BCUT2D eigenvalue weighted by atomic mass is 15.2. The minimum absolute atomic E-state index is 0.596. The molecular formula is C77H54N2. The minimum atomic E-state index is -0.596. The lowest BCUT2D eigenvalue weighted by Gasteiger charge is -2.35. The van der Waals surface area contributed by atoms with E-state index in [1.165, 1.54) is 60.8 Å². The van der Waals surface area contributed by atoms with Gasteiger partial charge in [-0.15, -0.1) is 0 Å². The Morgan fingerprint density at radius 2 is 0.722 bits per heavy atom. The largest absolute Gasteiger partial charge is 0.310 e. The summed E-state index contributed by atoms with van der Waals surface area (Å²) >= 11 is 0. The van der Waals surface area contributed by atoms with E-state index in [-0.39, 0.29) is 0 Å². The number of hydrogen-bond acceptors (Lipinski definition) is 2. The zero-order valence-corrected chi connectivity index (χ0v) is 43.6. The predicted molar refractivity (Wildman–Crippen MR) is 332 cm³/mol. The van der Waals surface area contributed by atoms with Crippen LogP contribution in [0.2, 0.25) is 0 Å². The first-order valence-electron chi connectivity index (χ1n) is 27.2. The second-order valence-corrected chi connectivity index (χ2v) is 20.4. The fraction of sp³-hybridized carbons (Fsp3) is 0.0130. The van der Waals surface area contributed by atoms with Gasteiger partial charge < -0.3 is 9.80 Å². The molecule has 0 aromatic heterocycles. The third-order valence-corrected chi connectivity index (χ3v) is 15.9. The molecule has 0 atom stereocenters. The Kier molecular flexibility index (Phi) is 12.2. The standard InChI is InChI=1S/C77H54N2/c1-7-26-55(27-8-1)68-41-22-24-45-75(68)79(65-47-49-72-71-43-21-23-44-73(71)77(74(72)54-65,61-33-11-3-12-34-61)62-35-13-4-14-36-62)67-52-60(51-66(53-67)78(63-37-15-5-16-38-63)64-39-17-6-18-40-64)58-31-25-32-59(50-58)70-48-46-56-28-19-20-42-69(56)76(70)57-29-9-2-10-30-57/h1-54H. The van der Waals surface area contributed by atoms with Crippen molar-refractivity contribution in [3.8, 4) is 55.6 Å². The monoisotopic (exact) mass is 1010 g/mol. The fourth-order valence-corrected chi connectivity index (χ4v) is 12.4. The lowest BCUT2D eigenvalue weighted by Crippen LogP contribution is -2.28. The van der Waals surface area contributed by atoms with Crippen LogP contribution >= 0.6 is 0 Å². The molecule has 0 aliphatic heterocycles. The lowest BCUT2D eigenvalue weighted by atomic mass is 9.67. The van der Waals surface area contributed by atoms with Gasteiger partial charge in [-0.1, -0.05) is 261 Å². The molecule has 0 N–H and O–H groups in total. The minimum Gasteiger partial charge on any atom is -0.310 e. The van der Waals surface area contributed by atoms with E-state index >= 15 is 0 Å². The molecule has 0 fully saturated rings. The summed E-state index contributed by atoms with van der Waals surface area (Å²) < 4.78 is 0. The molecular weight excluding hydrogens is 953 g/mol. The van der Waals surface area contributed by atoms with E-state index in [0.717, 1.165) is 61.9 Å². The van der Waals surface area contributed by atoms with E-state index in [9.17, 15) is 0 Å². The first kappa shape index (κ1) is 47.2. The van der Waals surface area contributed by atoms with Crippen LogP contribution in [0.5, 0.6) is 0 Å². The van der Waals surface area contributed by atoms with Crippen LogP contribution in [-0.2, 0) is 5.41 Å². The van der Waals surface area contributed by atoms with E-state index in [0.29, 0.717) is 0 Å². The highest BCUT2D eigenvalue weighted by Crippen LogP contribution is 2.58. The third kappa shape index (κ3) is 8.39. The highest BCUT2D eigenvalue weighted by Gasteiger charge is 2.46. The second kappa shape index (κ2) is 20.3. The maximum atomic E-state index is 2.51. The van der Waals surface area contributed by atoms with Crippen molar-refractivity contribution in [2.45, 2.75) is 5.41 Å². The maximum Gasteiger partial charge on any atom is 0.0714 e. The molecule has 0 spiro atoms. The molecule has 2 nitrogen and oxygen atoms in total. The quantitative estimate of drug-likeness (QED) is 0.120. The fourth-order valence-electron chi connectivity index (χ4n) is 12.4. The third-order valence-electron chi connectivity index (χ3n) is 15.9. The van der Waals surface area contributed by atoms with E-state index in [1.807, 2.05) is 0 Å².